The second-order valence-electron chi connectivity index (χ2n) is 8.31. The largest absolute Gasteiger partial charge is 0.495 e. The molecule has 6 nitrogen and oxygen atoms in total. The third-order valence-electron chi connectivity index (χ3n) is 6.27. The van der Waals surface area contributed by atoms with E-state index in [0.29, 0.717) is 16.7 Å². The van der Waals surface area contributed by atoms with Crippen LogP contribution in [0.2, 0.25) is 5.02 Å². The smallest absolute Gasteiger partial charge is 0.170 e. The van der Waals surface area contributed by atoms with Gasteiger partial charge in [0.25, 0.3) is 0 Å². The number of rotatable bonds is 6. The van der Waals surface area contributed by atoms with E-state index in [9.17, 15) is 0 Å². The lowest BCUT2D eigenvalue weighted by Crippen LogP contribution is -2.29. The number of nitrogens with zero attached hydrogens (tertiary/aromatic N) is 3. The summed E-state index contributed by atoms with van der Waals surface area (Å²) in [6.07, 6.45) is 3.50. The SMILES string of the molecule is COc1ccc(Cl)cc1-n1c(C)cc([C@H]2[C@@H](c3ccccn3)NC(=S)N2Cc2ccco2)c1C. The fraction of sp³-hybridized carbons (Fsp3) is 0.231. The minimum atomic E-state index is -0.112. The van der Waals surface area contributed by atoms with E-state index < -0.39 is 0 Å². The normalized spacial score (nSPS) is 17.8. The maximum absolute atomic E-state index is 6.36. The zero-order valence-corrected chi connectivity index (χ0v) is 20.7. The Hall–Kier alpha value is -3.29. The molecule has 0 amide bonds. The Morgan fingerprint density at radius 3 is 2.71 bits per heavy atom. The molecule has 0 bridgehead atoms. The Balaban J connectivity index is 1.65. The monoisotopic (exact) mass is 492 g/mol. The van der Waals surface area contributed by atoms with E-state index in [2.05, 4.69) is 39.7 Å². The van der Waals surface area contributed by atoms with Gasteiger partial charge in [0.2, 0.25) is 0 Å². The van der Waals surface area contributed by atoms with Crippen LogP contribution in [0.3, 0.4) is 0 Å². The lowest BCUT2D eigenvalue weighted by molar-refractivity contribution is 0.286. The first-order valence-corrected chi connectivity index (χ1v) is 11.8. The summed E-state index contributed by atoms with van der Waals surface area (Å²) < 4.78 is 13.5. The molecule has 1 aliphatic rings. The van der Waals surface area contributed by atoms with Crippen molar-refractivity contribution in [2.24, 2.45) is 0 Å². The van der Waals surface area contributed by atoms with Crippen LogP contribution in [-0.2, 0) is 6.54 Å². The van der Waals surface area contributed by atoms with E-state index in [1.807, 2.05) is 54.7 Å². The molecule has 0 saturated carbocycles. The molecular weight excluding hydrogens is 468 g/mol. The molecule has 1 aromatic carbocycles. The minimum Gasteiger partial charge on any atom is -0.495 e. The molecule has 0 radical (unpaired) electrons. The molecule has 0 spiro atoms. The number of nitrogens with one attached hydrogen (secondary N) is 1. The predicted molar refractivity (Wildman–Crippen MR) is 137 cm³/mol. The summed E-state index contributed by atoms with van der Waals surface area (Å²) in [7, 11) is 1.67. The van der Waals surface area contributed by atoms with Crippen LogP contribution in [0.5, 0.6) is 5.75 Å². The van der Waals surface area contributed by atoms with Crippen LogP contribution in [0, 0.1) is 13.8 Å². The number of furan rings is 1. The highest BCUT2D eigenvalue weighted by atomic mass is 35.5. The van der Waals surface area contributed by atoms with Gasteiger partial charge in [-0.25, -0.2) is 0 Å². The number of hydrogen-bond donors (Lipinski definition) is 1. The van der Waals surface area contributed by atoms with Crippen molar-refractivity contribution >= 4 is 28.9 Å². The van der Waals surface area contributed by atoms with E-state index in [0.717, 1.165) is 39.8 Å². The van der Waals surface area contributed by atoms with Crippen molar-refractivity contribution < 1.29 is 9.15 Å². The number of aryl methyl sites for hydroxylation is 1. The fourth-order valence-corrected chi connectivity index (χ4v) is 5.25. The van der Waals surface area contributed by atoms with Crippen molar-refractivity contribution in [1.29, 1.82) is 0 Å². The van der Waals surface area contributed by atoms with Gasteiger partial charge in [-0.3, -0.25) is 4.98 Å². The molecule has 2 atom stereocenters. The Bertz CT molecular complexity index is 1320. The number of aromatic nitrogens is 2. The van der Waals surface area contributed by atoms with Crippen molar-refractivity contribution in [1.82, 2.24) is 19.8 Å². The van der Waals surface area contributed by atoms with Crippen LogP contribution >= 0.6 is 23.8 Å². The quantitative estimate of drug-likeness (QED) is 0.337. The molecule has 5 rings (SSSR count). The summed E-state index contributed by atoms with van der Waals surface area (Å²) in [5, 5.41) is 4.83. The second kappa shape index (κ2) is 9.16. The molecule has 1 N–H and O–H groups in total. The van der Waals surface area contributed by atoms with Crippen LogP contribution in [0.1, 0.15) is 40.5 Å². The number of hydrogen-bond acceptors (Lipinski definition) is 4. The highest BCUT2D eigenvalue weighted by molar-refractivity contribution is 7.80. The first kappa shape index (κ1) is 22.5. The zero-order chi connectivity index (χ0) is 23.8. The molecule has 0 aliphatic carbocycles. The summed E-state index contributed by atoms with van der Waals surface area (Å²) in [4.78, 5) is 6.82. The lowest BCUT2D eigenvalue weighted by atomic mass is 9.96. The summed E-state index contributed by atoms with van der Waals surface area (Å²) in [6, 6.07) is 17.5. The van der Waals surface area contributed by atoms with Crippen LogP contribution in [-0.4, -0.2) is 26.7 Å². The van der Waals surface area contributed by atoms with E-state index in [1.165, 1.54) is 0 Å². The first-order chi connectivity index (χ1) is 16.5. The zero-order valence-electron chi connectivity index (χ0n) is 19.2. The summed E-state index contributed by atoms with van der Waals surface area (Å²) in [5.74, 6) is 1.60. The highest BCUT2D eigenvalue weighted by Crippen LogP contribution is 2.43. The van der Waals surface area contributed by atoms with E-state index in [1.54, 1.807) is 13.4 Å². The van der Waals surface area contributed by atoms with E-state index in [-0.39, 0.29) is 12.1 Å². The van der Waals surface area contributed by atoms with Gasteiger partial charge in [0.05, 0.1) is 43.4 Å². The number of benzene rings is 1. The van der Waals surface area contributed by atoms with Gasteiger partial charge in [-0.15, -0.1) is 0 Å². The lowest BCUT2D eigenvalue weighted by Gasteiger charge is -2.27. The van der Waals surface area contributed by atoms with Crippen molar-refractivity contribution in [3.8, 4) is 11.4 Å². The van der Waals surface area contributed by atoms with Crippen LogP contribution in [0.4, 0.5) is 0 Å². The number of pyridine rings is 1. The van der Waals surface area contributed by atoms with Gasteiger partial charge in [-0.1, -0.05) is 17.7 Å². The summed E-state index contributed by atoms with van der Waals surface area (Å²) in [6.45, 7) is 4.76. The molecule has 1 saturated heterocycles. The van der Waals surface area contributed by atoms with Gasteiger partial charge in [-0.2, -0.15) is 0 Å². The van der Waals surface area contributed by atoms with E-state index in [4.69, 9.17) is 33.0 Å². The molecule has 4 aromatic rings. The molecule has 8 heteroatoms. The number of methoxy groups -OCH3 is 1. The van der Waals surface area contributed by atoms with Crippen molar-refractivity contribution in [3.05, 3.63) is 100 Å². The topological polar surface area (TPSA) is 55.5 Å². The Morgan fingerprint density at radius 2 is 2.00 bits per heavy atom. The van der Waals surface area contributed by atoms with Crippen molar-refractivity contribution in [3.63, 3.8) is 0 Å². The fourth-order valence-electron chi connectivity index (χ4n) is 4.78. The summed E-state index contributed by atoms with van der Waals surface area (Å²) in [5.41, 5.74) is 5.14. The number of ether oxygens (including phenoxy) is 1. The molecule has 34 heavy (non-hydrogen) atoms. The van der Waals surface area contributed by atoms with Gasteiger partial charge in [0.1, 0.15) is 11.5 Å². The first-order valence-electron chi connectivity index (χ1n) is 11.0. The Labute approximate surface area is 209 Å². The van der Waals surface area contributed by atoms with E-state index >= 15 is 0 Å². The molecule has 1 aliphatic heterocycles. The molecule has 174 valence electrons. The van der Waals surface area contributed by atoms with Gasteiger partial charge >= 0.3 is 0 Å². The predicted octanol–water partition coefficient (Wildman–Crippen LogP) is 5.92. The van der Waals surface area contributed by atoms with Crippen LogP contribution in [0.25, 0.3) is 5.69 Å². The van der Waals surface area contributed by atoms with Gasteiger partial charge in [0, 0.05) is 22.6 Å². The Morgan fingerprint density at radius 1 is 1.15 bits per heavy atom. The minimum absolute atomic E-state index is 0.0855. The standard InChI is InChI=1S/C26H25ClN4O2S/c1-16-13-20(17(2)31(16)22-14-18(27)9-10-23(22)32-3)25-24(21-8-4-5-11-28-21)29-26(34)30(25)15-19-7-6-12-33-19/h4-14,24-25H,15H2,1-3H3,(H,29,34)/t24-,25+/m1/s1. The van der Waals surface area contributed by atoms with Gasteiger partial charge in [0.15, 0.2) is 5.11 Å². The second-order valence-corrected chi connectivity index (χ2v) is 9.14. The molecule has 1 fully saturated rings. The van der Waals surface area contributed by atoms with Crippen LogP contribution in [0.15, 0.2) is 71.5 Å². The average molecular weight is 493 g/mol. The molecule has 3 aromatic heterocycles. The highest BCUT2D eigenvalue weighted by Gasteiger charge is 2.41. The van der Waals surface area contributed by atoms with Crippen LogP contribution < -0.4 is 10.1 Å². The Kier molecular flexibility index (Phi) is 6.06. The molecule has 4 heterocycles. The third-order valence-corrected chi connectivity index (χ3v) is 6.86. The average Bonchev–Trinajstić information content (AvgIpc) is 3.53. The van der Waals surface area contributed by atoms with Crippen molar-refractivity contribution in [2.45, 2.75) is 32.5 Å². The van der Waals surface area contributed by atoms with Crippen molar-refractivity contribution in [2.75, 3.05) is 7.11 Å². The van der Waals surface area contributed by atoms with Gasteiger partial charge in [-0.05, 0) is 80.2 Å². The molecule has 0 unspecified atom stereocenters. The third kappa shape index (κ3) is 3.95. The molecular formula is C26H25ClN4O2S. The maximum atomic E-state index is 6.36. The number of thiocarbonyl (C=S) groups is 1. The summed E-state index contributed by atoms with van der Waals surface area (Å²) >= 11 is 12.2. The van der Waals surface area contributed by atoms with Gasteiger partial charge < -0.3 is 23.9 Å². The number of halogens is 1. The maximum Gasteiger partial charge on any atom is 0.170 e.